The second kappa shape index (κ2) is 6.75. The maximum absolute atomic E-state index is 12.5. The molecule has 0 spiro atoms. The predicted molar refractivity (Wildman–Crippen MR) is 99.6 cm³/mol. The molecule has 0 saturated heterocycles. The fourth-order valence-corrected chi connectivity index (χ4v) is 3.68. The van der Waals surface area contributed by atoms with Crippen molar-refractivity contribution < 1.29 is 9.53 Å². The van der Waals surface area contributed by atoms with Crippen LogP contribution in [0.15, 0.2) is 61.2 Å². The number of fused-ring (bicyclic) bond motifs is 3. The number of benzene rings is 2. The topological polar surface area (TPSA) is 29.5 Å². The molecule has 3 heteroatoms. The van der Waals surface area contributed by atoms with Crippen LogP contribution in [0.2, 0.25) is 0 Å². The van der Waals surface area contributed by atoms with Gasteiger partial charge in [-0.25, -0.2) is 4.79 Å². The molecule has 0 aromatic heterocycles. The van der Waals surface area contributed by atoms with Crippen molar-refractivity contribution in [3.8, 4) is 11.1 Å². The van der Waals surface area contributed by atoms with Gasteiger partial charge in [-0.1, -0.05) is 54.6 Å². The molecule has 0 unspecified atom stereocenters. The maximum Gasteiger partial charge on any atom is 0.410 e. The van der Waals surface area contributed by atoms with E-state index in [4.69, 9.17) is 4.74 Å². The third kappa shape index (κ3) is 3.19. The molecule has 0 heterocycles. The molecule has 0 bridgehead atoms. The van der Waals surface area contributed by atoms with Gasteiger partial charge in [0, 0.05) is 19.0 Å². The number of amides is 1. The summed E-state index contributed by atoms with van der Waals surface area (Å²) in [5.41, 5.74) is 4.99. The van der Waals surface area contributed by atoms with Gasteiger partial charge in [0.2, 0.25) is 0 Å². The first-order valence-electron chi connectivity index (χ1n) is 8.98. The van der Waals surface area contributed by atoms with Crippen molar-refractivity contribution in [2.45, 2.75) is 18.8 Å². The average molecular weight is 333 g/mol. The molecule has 4 rings (SSSR count). The summed E-state index contributed by atoms with van der Waals surface area (Å²) in [6.07, 6.45) is 3.96. The third-order valence-corrected chi connectivity index (χ3v) is 5.12. The van der Waals surface area contributed by atoms with Crippen LogP contribution in [0.5, 0.6) is 0 Å². The second-order valence-electron chi connectivity index (χ2n) is 6.94. The average Bonchev–Trinajstić information content (AvgIpc) is 3.41. The van der Waals surface area contributed by atoms with E-state index in [0.717, 1.165) is 6.54 Å². The minimum Gasteiger partial charge on any atom is -0.448 e. The highest BCUT2D eigenvalue weighted by atomic mass is 16.6. The number of rotatable bonds is 6. The van der Waals surface area contributed by atoms with Gasteiger partial charge in [0.05, 0.1) is 0 Å². The van der Waals surface area contributed by atoms with E-state index in [9.17, 15) is 4.79 Å². The molecular weight excluding hydrogens is 310 g/mol. The largest absolute Gasteiger partial charge is 0.448 e. The van der Waals surface area contributed by atoms with E-state index >= 15 is 0 Å². The molecule has 2 aromatic rings. The molecule has 0 radical (unpaired) electrons. The van der Waals surface area contributed by atoms with E-state index in [1.54, 1.807) is 11.0 Å². The Morgan fingerprint density at radius 1 is 1.08 bits per heavy atom. The molecule has 25 heavy (non-hydrogen) atoms. The molecule has 1 fully saturated rings. The molecule has 128 valence electrons. The van der Waals surface area contributed by atoms with E-state index < -0.39 is 0 Å². The van der Waals surface area contributed by atoms with Crippen molar-refractivity contribution in [3.63, 3.8) is 0 Å². The van der Waals surface area contributed by atoms with Crippen molar-refractivity contribution in [3.05, 3.63) is 72.3 Å². The first kappa shape index (κ1) is 15.9. The lowest BCUT2D eigenvalue weighted by molar-refractivity contribution is 0.102. The van der Waals surface area contributed by atoms with Crippen LogP contribution in [0.4, 0.5) is 4.79 Å². The number of ether oxygens (including phenoxy) is 1. The van der Waals surface area contributed by atoms with E-state index in [1.165, 1.54) is 35.1 Å². The fraction of sp³-hybridized carbons (Fsp3) is 0.318. The van der Waals surface area contributed by atoms with Crippen LogP contribution < -0.4 is 0 Å². The third-order valence-electron chi connectivity index (χ3n) is 5.12. The highest BCUT2D eigenvalue weighted by Gasteiger charge is 2.31. The van der Waals surface area contributed by atoms with Crippen molar-refractivity contribution >= 4 is 6.09 Å². The van der Waals surface area contributed by atoms with Crippen LogP contribution >= 0.6 is 0 Å². The second-order valence-corrected chi connectivity index (χ2v) is 6.94. The predicted octanol–water partition coefficient (Wildman–Crippen LogP) is 4.83. The smallest absolute Gasteiger partial charge is 0.410 e. The molecule has 2 aromatic carbocycles. The van der Waals surface area contributed by atoms with E-state index in [1.807, 2.05) is 0 Å². The van der Waals surface area contributed by atoms with Gasteiger partial charge < -0.3 is 9.64 Å². The molecule has 2 aliphatic carbocycles. The highest BCUT2D eigenvalue weighted by Crippen LogP contribution is 2.44. The summed E-state index contributed by atoms with van der Waals surface area (Å²) < 4.78 is 5.72. The maximum atomic E-state index is 12.5. The standard InChI is InChI=1S/C22H23NO2/c1-2-13-23(14-16-11-12-16)22(24)25-15-21-19-9-5-3-7-17(19)18-8-4-6-10-20(18)21/h2-10,16,21H,1,11-15H2. The lowest BCUT2D eigenvalue weighted by Gasteiger charge is -2.22. The Hall–Kier alpha value is -2.55. The molecular formula is C22H23NO2. The summed E-state index contributed by atoms with van der Waals surface area (Å²) in [5.74, 6) is 0.753. The number of carbonyl (C=O) groups excluding carboxylic acids is 1. The van der Waals surface area contributed by atoms with Crippen LogP contribution in [0.25, 0.3) is 11.1 Å². The number of nitrogens with zero attached hydrogens (tertiary/aromatic N) is 1. The van der Waals surface area contributed by atoms with Gasteiger partial charge in [-0.05, 0) is 41.0 Å². The van der Waals surface area contributed by atoms with Crippen LogP contribution in [0, 0.1) is 5.92 Å². The molecule has 1 saturated carbocycles. The molecule has 1 amide bonds. The summed E-state index contributed by atoms with van der Waals surface area (Å²) >= 11 is 0. The van der Waals surface area contributed by atoms with Crippen molar-refractivity contribution in [1.29, 1.82) is 0 Å². The van der Waals surface area contributed by atoms with Crippen LogP contribution in [0.3, 0.4) is 0 Å². The lowest BCUT2D eigenvalue weighted by Crippen LogP contribution is -2.34. The van der Waals surface area contributed by atoms with E-state index in [-0.39, 0.29) is 12.0 Å². The molecule has 2 aliphatic rings. The Kier molecular flexibility index (Phi) is 4.31. The Labute approximate surface area is 148 Å². The number of hydrogen-bond acceptors (Lipinski definition) is 2. The zero-order valence-corrected chi connectivity index (χ0v) is 14.4. The first-order valence-corrected chi connectivity index (χ1v) is 8.98. The van der Waals surface area contributed by atoms with Gasteiger partial charge in [-0.15, -0.1) is 6.58 Å². The quantitative estimate of drug-likeness (QED) is 0.708. The van der Waals surface area contributed by atoms with Gasteiger partial charge in [-0.2, -0.15) is 0 Å². The van der Waals surface area contributed by atoms with Crippen molar-refractivity contribution in [2.24, 2.45) is 5.92 Å². The van der Waals surface area contributed by atoms with Gasteiger partial charge in [0.25, 0.3) is 0 Å². The summed E-state index contributed by atoms with van der Waals surface area (Å²) in [4.78, 5) is 14.3. The van der Waals surface area contributed by atoms with Gasteiger partial charge >= 0.3 is 6.09 Å². The Bertz CT molecular complexity index is 749. The van der Waals surface area contributed by atoms with Crippen molar-refractivity contribution in [1.82, 2.24) is 4.90 Å². The summed E-state index contributed by atoms with van der Waals surface area (Å²) in [6, 6.07) is 16.8. The van der Waals surface area contributed by atoms with E-state index in [2.05, 4.69) is 55.1 Å². The molecule has 3 nitrogen and oxygen atoms in total. The number of hydrogen-bond donors (Lipinski definition) is 0. The molecule has 0 aliphatic heterocycles. The summed E-state index contributed by atoms with van der Waals surface area (Å²) in [7, 11) is 0. The first-order chi connectivity index (χ1) is 12.3. The zero-order chi connectivity index (χ0) is 17.2. The lowest BCUT2D eigenvalue weighted by atomic mass is 9.98. The zero-order valence-electron chi connectivity index (χ0n) is 14.4. The Morgan fingerprint density at radius 2 is 1.68 bits per heavy atom. The molecule has 0 atom stereocenters. The van der Waals surface area contributed by atoms with Crippen molar-refractivity contribution in [2.75, 3.05) is 19.7 Å². The highest BCUT2D eigenvalue weighted by molar-refractivity contribution is 5.79. The minimum absolute atomic E-state index is 0.114. The van der Waals surface area contributed by atoms with Crippen LogP contribution in [0.1, 0.15) is 29.9 Å². The Morgan fingerprint density at radius 3 is 2.24 bits per heavy atom. The summed E-state index contributed by atoms with van der Waals surface area (Å²) in [6.45, 7) is 5.47. The van der Waals surface area contributed by atoms with E-state index in [0.29, 0.717) is 19.1 Å². The number of carbonyl (C=O) groups is 1. The van der Waals surface area contributed by atoms with Gasteiger partial charge in [-0.3, -0.25) is 0 Å². The normalized spacial score (nSPS) is 15.4. The van der Waals surface area contributed by atoms with Gasteiger partial charge in [0.1, 0.15) is 6.61 Å². The fourth-order valence-electron chi connectivity index (χ4n) is 3.68. The Balaban J connectivity index is 1.50. The van der Waals surface area contributed by atoms with Crippen LogP contribution in [-0.2, 0) is 4.74 Å². The SMILES string of the molecule is C=CCN(CC1CC1)C(=O)OCC1c2ccccc2-c2ccccc21. The summed E-state index contributed by atoms with van der Waals surface area (Å²) in [5, 5.41) is 0. The van der Waals surface area contributed by atoms with Crippen LogP contribution in [-0.4, -0.2) is 30.7 Å². The monoisotopic (exact) mass is 333 g/mol. The minimum atomic E-state index is -0.228. The van der Waals surface area contributed by atoms with Gasteiger partial charge in [0.15, 0.2) is 0 Å². The molecule has 0 N–H and O–H groups in total.